The van der Waals surface area contributed by atoms with Crippen molar-refractivity contribution in [1.82, 2.24) is 19.9 Å². The first kappa shape index (κ1) is 15.3. The Hall–Kier alpha value is -1.56. The van der Waals surface area contributed by atoms with Gasteiger partial charge in [-0.05, 0) is 31.9 Å². The third-order valence-corrected chi connectivity index (χ3v) is 5.19. The van der Waals surface area contributed by atoms with Crippen molar-refractivity contribution < 1.29 is 4.79 Å². The van der Waals surface area contributed by atoms with Crippen LogP contribution in [0.25, 0.3) is 5.65 Å². The summed E-state index contributed by atoms with van der Waals surface area (Å²) in [6.45, 7) is 1.93. The SMILES string of the molecule is C[C@H](Sc1nnc2ccccn12)C(=O)NC1CCCCCC1. The fraction of sp³-hybridized carbons (Fsp3) is 0.562. The average molecular weight is 318 g/mol. The van der Waals surface area contributed by atoms with Gasteiger partial charge in [0.15, 0.2) is 10.8 Å². The number of rotatable bonds is 4. The third-order valence-electron chi connectivity index (χ3n) is 4.14. The van der Waals surface area contributed by atoms with Crippen LogP contribution in [-0.4, -0.2) is 31.8 Å². The van der Waals surface area contributed by atoms with E-state index in [1.54, 1.807) is 0 Å². The van der Waals surface area contributed by atoms with Crippen LogP contribution >= 0.6 is 11.8 Å². The highest BCUT2D eigenvalue weighted by atomic mass is 32.2. The van der Waals surface area contributed by atoms with Crippen LogP contribution in [0.15, 0.2) is 29.6 Å². The van der Waals surface area contributed by atoms with E-state index in [2.05, 4.69) is 15.5 Å². The molecule has 0 radical (unpaired) electrons. The van der Waals surface area contributed by atoms with Crippen molar-refractivity contribution in [1.29, 1.82) is 0 Å². The normalized spacial score (nSPS) is 18.0. The molecule has 6 heteroatoms. The van der Waals surface area contributed by atoms with E-state index in [0.29, 0.717) is 6.04 Å². The van der Waals surface area contributed by atoms with Crippen molar-refractivity contribution >= 4 is 23.3 Å². The number of carbonyl (C=O) groups is 1. The minimum atomic E-state index is -0.171. The van der Waals surface area contributed by atoms with Crippen LogP contribution in [-0.2, 0) is 4.79 Å². The summed E-state index contributed by atoms with van der Waals surface area (Å²) in [5, 5.41) is 12.1. The van der Waals surface area contributed by atoms with Gasteiger partial charge in [-0.25, -0.2) is 0 Å². The summed E-state index contributed by atoms with van der Waals surface area (Å²) in [5.74, 6) is 0.101. The molecular weight excluding hydrogens is 296 g/mol. The standard InChI is InChI=1S/C16H22N4OS/c1-12(15(21)17-13-8-4-2-3-5-9-13)22-16-19-18-14-10-6-7-11-20(14)16/h6-7,10-13H,2-5,8-9H2,1H3,(H,17,21)/t12-/m0/s1. The van der Waals surface area contributed by atoms with Crippen LogP contribution in [0.4, 0.5) is 0 Å². The number of pyridine rings is 1. The van der Waals surface area contributed by atoms with Gasteiger partial charge in [0.25, 0.3) is 0 Å². The third kappa shape index (κ3) is 3.61. The van der Waals surface area contributed by atoms with Crippen LogP contribution in [0, 0.1) is 0 Å². The first-order valence-electron chi connectivity index (χ1n) is 8.01. The molecule has 3 rings (SSSR count). The predicted molar refractivity (Wildman–Crippen MR) is 87.9 cm³/mol. The zero-order chi connectivity index (χ0) is 15.4. The van der Waals surface area contributed by atoms with Gasteiger partial charge in [-0.1, -0.05) is 43.5 Å². The number of thioether (sulfide) groups is 1. The van der Waals surface area contributed by atoms with Crippen LogP contribution in [0.3, 0.4) is 0 Å². The van der Waals surface area contributed by atoms with Gasteiger partial charge in [0, 0.05) is 12.2 Å². The molecule has 2 aromatic rings. The summed E-state index contributed by atoms with van der Waals surface area (Å²) in [6, 6.07) is 6.12. The molecule has 0 saturated heterocycles. The molecule has 2 heterocycles. The van der Waals surface area contributed by atoms with Crippen LogP contribution in [0.1, 0.15) is 45.4 Å². The lowest BCUT2D eigenvalue weighted by Gasteiger charge is -2.18. The topological polar surface area (TPSA) is 59.3 Å². The first-order chi connectivity index (χ1) is 10.7. The highest BCUT2D eigenvalue weighted by molar-refractivity contribution is 8.00. The van der Waals surface area contributed by atoms with Gasteiger partial charge in [-0.2, -0.15) is 0 Å². The first-order valence-corrected chi connectivity index (χ1v) is 8.89. The van der Waals surface area contributed by atoms with Crippen molar-refractivity contribution in [2.24, 2.45) is 0 Å². The number of nitrogens with zero attached hydrogens (tertiary/aromatic N) is 3. The Morgan fingerprint density at radius 2 is 2.05 bits per heavy atom. The largest absolute Gasteiger partial charge is 0.352 e. The molecule has 5 nitrogen and oxygen atoms in total. The Labute approximate surface area is 134 Å². The Balaban J connectivity index is 1.61. The molecular formula is C16H22N4OS. The molecule has 1 N–H and O–H groups in total. The van der Waals surface area contributed by atoms with Gasteiger partial charge in [0.1, 0.15) is 0 Å². The van der Waals surface area contributed by atoms with Gasteiger partial charge in [0.05, 0.1) is 5.25 Å². The van der Waals surface area contributed by atoms with Gasteiger partial charge in [-0.15, -0.1) is 10.2 Å². The molecule has 0 aromatic carbocycles. The Morgan fingerprint density at radius 1 is 1.27 bits per heavy atom. The van der Waals surface area contributed by atoms with Crippen molar-refractivity contribution in [3.05, 3.63) is 24.4 Å². The predicted octanol–water partition coefficient (Wildman–Crippen LogP) is 3.05. The lowest BCUT2D eigenvalue weighted by molar-refractivity contribution is -0.121. The molecule has 118 valence electrons. The number of aromatic nitrogens is 3. The van der Waals surface area contributed by atoms with Gasteiger partial charge >= 0.3 is 0 Å². The average Bonchev–Trinajstić information content (AvgIpc) is 2.75. The Bertz CT molecular complexity index is 634. The lowest BCUT2D eigenvalue weighted by Crippen LogP contribution is -2.39. The van der Waals surface area contributed by atoms with Gasteiger partial charge < -0.3 is 5.32 Å². The fourth-order valence-electron chi connectivity index (χ4n) is 2.85. The number of fused-ring (bicyclic) bond motifs is 1. The van der Waals surface area contributed by atoms with E-state index in [1.165, 1.54) is 37.4 Å². The van der Waals surface area contributed by atoms with E-state index in [9.17, 15) is 4.79 Å². The van der Waals surface area contributed by atoms with E-state index in [-0.39, 0.29) is 11.2 Å². The number of carbonyl (C=O) groups excluding carboxylic acids is 1. The molecule has 0 aliphatic heterocycles. The van der Waals surface area contributed by atoms with Crippen LogP contribution in [0.2, 0.25) is 0 Å². The molecule has 1 amide bonds. The molecule has 2 aromatic heterocycles. The molecule has 22 heavy (non-hydrogen) atoms. The van der Waals surface area contributed by atoms with Crippen molar-refractivity contribution in [2.45, 2.75) is 61.9 Å². The molecule has 1 fully saturated rings. The minimum absolute atomic E-state index is 0.101. The van der Waals surface area contributed by atoms with E-state index in [4.69, 9.17) is 0 Å². The van der Waals surface area contributed by atoms with Crippen molar-refractivity contribution in [3.63, 3.8) is 0 Å². The molecule has 1 aliphatic carbocycles. The molecule has 1 saturated carbocycles. The minimum Gasteiger partial charge on any atom is -0.352 e. The molecule has 0 spiro atoms. The van der Waals surface area contributed by atoms with Gasteiger partial charge in [0.2, 0.25) is 5.91 Å². The smallest absolute Gasteiger partial charge is 0.233 e. The molecule has 1 aliphatic rings. The maximum absolute atomic E-state index is 12.4. The second kappa shape index (κ2) is 7.13. The van der Waals surface area contributed by atoms with E-state index >= 15 is 0 Å². The molecule has 0 bridgehead atoms. The number of amides is 1. The van der Waals surface area contributed by atoms with Crippen LogP contribution in [0.5, 0.6) is 0 Å². The summed E-state index contributed by atoms with van der Waals surface area (Å²) >= 11 is 1.46. The highest BCUT2D eigenvalue weighted by Gasteiger charge is 2.21. The lowest BCUT2D eigenvalue weighted by atomic mass is 10.1. The summed E-state index contributed by atoms with van der Waals surface area (Å²) in [4.78, 5) is 12.4. The van der Waals surface area contributed by atoms with E-state index < -0.39 is 0 Å². The monoisotopic (exact) mass is 318 g/mol. The molecule has 0 unspecified atom stereocenters. The summed E-state index contributed by atoms with van der Waals surface area (Å²) in [7, 11) is 0. The van der Waals surface area contributed by atoms with Crippen molar-refractivity contribution in [3.8, 4) is 0 Å². The fourth-order valence-corrected chi connectivity index (χ4v) is 3.70. The van der Waals surface area contributed by atoms with Crippen LogP contribution < -0.4 is 5.32 Å². The Kier molecular flexibility index (Phi) is 4.97. The Morgan fingerprint density at radius 3 is 2.82 bits per heavy atom. The highest BCUT2D eigenvalue weighted by Crippen LogP contribution is 2.23. The molecule has 1 atom stereocenters. The zero-order valence-corrected chi connectivity index (χ0v) is 13.7. The maximum atomic E-state index is 12.4. The zero-order valence-electron chi connectivity index (χ0n) is 12.9. The quantitative estimate of drug-likeness (QED) is 0.695. The van der Waals surface area contributed by atoms with E-state index in [1.807, 2.05) is 35.7 Å². The second-order valence-electron chi connectivity index (χ2n) is 5.87. The summed E-state index contributed by atoms with van der Waals surface area (Å²) < 4.78 is 1.92. The van der Waals surface area contributed by atoms with Gasteiger partial charge in [-0.3, -0.25) is 9.20 Å². The maximum Gasteiger partial charge on any atom is 0.233 e. The summed E-state index contributed by atoms with van der Waals surface area (Å²) in [5.41, 5.74) is 0.807. The second-order valence-corrected chi connectivity index (χ2v) is 7.18. The van der Waals surface area contributed by atoms with Crippen molar-refractivity contribution in [2.75, 3.05) is 0 Å². The number of nitrogens with one attached hydrogen (secondary N) is 1. The number of hydrogen-bond acceptors (Lipinski definition) is 4. The summed E-state index contributed by atoms with van der Waals surface area (Å²) in [6.07, 6.45) is 9.18. The van der Waals surface area contributed by atoms with E-state index in [0.717, 1.165) is 23.6 Å². The number of hydrogen-bond donors (Lipinski definition) is 1.